The van der Waals surface area contributed by atoms with Gasteiger partial charge in [-0.1, -0.05) is 31.1 Å². The monoisotopic (exact) mass is 397 g/mol. The van der Waals surface area contributed by atoms with Crippen molar-refractivity contribution in [2.24, 2.45) is 5.92 Å². The van der Waals surface area contributed by atoms with Crippen molar-refractivity contribution >= 4 is 40.2 Å². The van der Waals surface area contributed by atoms with E-state index in [0.29, 0.717) is 17.2 Å². The van der Waals surface area contributed by atoms with E-state index in [1.807, 2.05) is 0 Å². The van der Waals surface area contributed by atoms with Gasteiger partial charge in [0.05, 0.1) is 16.2 Å². The van der Waals surface area contributed by atoms with Gasteiger partial charge in [-0.25, -0.2) is 9.78 Å². The summed E-state index contributed by atoms with van der Waals surface area (Å²) in [5, 5.41) is 12.3. The molecular formula is C18H27N3O3S2. The van der Waals surface area contributed by atoms with E-state index in [1.54, 1.807) is 6.20 Å². The van der Waals surface area contributed by atoms with Gasteiger partial charge < -0.3 is 10.0 Å². The highest BCUT2D eigenvalue weighted by Gasteiger charge is 2.34. The quantitative estimate of drug-likeness (QED) is 0.681. The Kier molecular flexibility index (Phi) is 6.80. The van der Waals surface area contributed by atoms with Crippen LogP contribution in [0.25, 0.3) is 0 Å². The third-order valence-electron chi connectivity index (χ3n) is 5.37. The first kappa shape index (κ1) is 19.5. The van der Waals surface area contributed by atoms with Crippen LogP contribution in [0, 0.1) is 5.92 Å². The van der Waals surface area contributed by atoms with Crippen LogP contribution in [-0.2, 0) is 4.79 Å². The predicted octanol–water partition coefficient (Wildman–Crippen LogP) is 4.68. The molecule has 0 unspecified atom stereocenters. The van der Waals surface area contributed by atoms with E-state index in [0.717, 1.165) is 35.8 Å². The van der Waals surface area contributed by atoms with Gasteiger partial charge in [-0.3, -0.25) is 10.1 Å². The average molecular weight is 398 g/mol. The Bertz CT molecular complexity index is 623. The number of amides is 2. The molecule has 0 atom stereocenters. The lowest BCUT2D eigenvalue weighted by molar-refractivity contribution is -0.133. The molecule has 2 aliphatic rings. The number of thiazole rings is 1. The van der Waals surface area contributed by atoms with Crippen molar-refractivity contribution in [2.45, 2.75) is 74.6 Å². The van der Waals surface area contributed by atoms with Gasteiger partial charge in [0, 0.05) is 12.1 Å². The van der Waals surface area contributed by atoms with Crippen LogP contribution in [0.4, 0.5) is 9.93 Å². The first-order valence-corrected chi connectivity index (χ1v) is 11.2. The summed E-state index contributed by atoms with van der Waals surface area (Å²) in [5.74, 6) is -0.0928. The SMILES string of the molecule is CC1CCC(N(C(=O)Nc2ncc(SCC(=O)O)s2)C2CCCC2)CC1. The van der Waals surface area contributed by atoms with Gasteiger partial charge in [-0.2, -0.15) is 0 Å². The number of carbonyl (C=O) groups excluding carboxylic acids is 1. The van der Waals surface area contributed by atoms with Crippen molar-refractivity contribution in [2.75, 3.05) is 11.1 Å². The molecule has 0 bridgehead atoms. The van der Waals surface area contributed by atoms with Crippen molar-refractivity contribution in [3.63, 3.8) is 0 Å². The highest BCUT2D eigenvalue weighted by atomic mass is 32.2. The van der Waals surface area contributed by atoms with Crippen molar-refractivity contribution in [3.8, 4) is 0 Å². The maximum atomic E-state index is 13.0. The van der Waals surface area contributed by atoms with E-state index in [1.165, 1.54) is 48.8 Å². The van der Waals surface area contributed by atoms with Gasteiger partial charge in [-0.15, -0.1) is 11.8 Å². The molecule has 2 fully saturated rings. The van der Waals surface area contributed by atoms with Crippen LogP contribution < -0.4 is 5.32 Å². The smallest absolute Gasteiger partial charge is 0.324 e. The van der Waals surface area contributed by atoms with Crippen molar-refractivity contribution in [3.05, 3.63) is 6.20 Å². The summed E-state index contributed by atoms with van der Waals surface area (Å²) in [7, 11) is 0. The molecule has 3 rings (SSSR count). The van der Waals surface area contributed by atoms with Crippen LogP contribution in [0.5, 0.6) is 0 Å². The number of thioether (sulfide) groups is 1. The van der Waals surface area contributed by atoms with Crippen molar-refractivity contribution in [1.29, 1.82) is 0 Å². The van der Waals surface area contributed by atoms with Gasteiger partial charge >= 0.3 is 12.0 Å². The summed E-state index contributed by atoms with van der Waals surface area (Å²) in [6.45, 7) is 2.29. The van der Waals surface area contributed by atoms with Crippen LogP contribution in [0.3, 0.4) is 0 Å². The Morgan fingerprint density at radius 2 is 1.88 bits per heavy atom. The lowest BCUT2D eigenvalue weighted by Crippen LogP contribution is -2.49. The molecule has 2 N–H and O–H groups in total. The number of hydrogen-bond acceptors (Lipinski definition) is 5. The number of aliphatic carboxylic acids is 1. The first-order chi connectivity index (χ1) is 12.5. The number of hydrogen-bond donors (Lipinski definition) is 2. The minimum atomic E-state index is -0.854. The molecule has 2 saturated carbocycles. The van der Waals surface area contributed by atoms with E-state index in [2.05, 4.69) is 22.1 Å². The minimum Gasteiger partial charge on any atom is -0.481 e. The topological polar surface area (TPSA) is 82.5 Å². The highest BCUT2D eigenvalue weighted by molar-refractivity contribution is 8.01. The van der Waals surface area contributed by atoms with E-state index >= 15 is 0 Å². The average Bonchev–Trinajstić information content (AvgIpc) is 3.27. The lowest BCUT2D eigenvalue weighted by atomic mass is 9.86. The second-order valence-corrected chi connectivity index (χ2v) is 9.66. The predicted molar refractivity (Wildman–Crippen MR) is 105 cm³/mol. The summed E-state index contributed by atoms with van der Waals surface area (Å²) in [4.78, 5) is 30.1. The summed E-state index contributed by atoms with van der Waals surface area (Å²) < 4.78 is 0.807. The van der Waals surface area contributed by atoms with Crippen LogP contribution in [0.2, 0.25) is 0 Å². The molecule has 8 heteroatoms. The van der Waals surface area contributed by atoms with E-state index in [4.69, 9.17) is 5.11 Å². The number of carboxylic acid groups (broad SMARTS) is 1. The standard InChI is InChI=1S/C18H27N3O3S2/c1-12-6-8-14(9-7-12)21(13-4-2-3-5-13)18(24)20-17-19-10-16(26-17)25-11-15(22)23/h10,12-14H,2-9,11H2,1H3,(H,22,23)(H,19,20,24). The van der Waals surface area contributed by atoms with Gasteiger partial charge in [0.1, 0.15) is 0 Å². The minimum absolute atomic E-state index is 0.00401. The molecule has 0 aliphatic heterocycles. The molecule has 2 amide bonds. The number of carbonyl (C=O) groups is 2. The second-order valence-electron chi connectivity index (χ2n) is 7.36. The third-order valence-corrected chi connectivity index (χ3v) is 7.46. The number of rotatable bonds is 6. The Morgan fingerprint density at radius 1 is 1.23 bits per heavy atom. The zero-order chi connectivity index (χ0) is 18.5. The molecule has 6 nitrogen and oxygen atoms in total. The number of urea groups is 1. The molecular weight excluding hydrogens is 370 g/mol. The first-order valence-electron chi connectivity index (χ1n) is 9.42. The maximum absolute atomic E-state index is 13.0. The zero-order valence-electron chi connectivity index (χ0n) is 15.1. The molecule has 0 saturated heterocycles. The number of nitrogens with zero attached hydrogens (tertiary/aromatic N) is 2. The normalized spacial score (nSPS) is 23.7. The summed E-state index contributed by atoms with van der Waals surface area (Å²) in [6, 6.07) is 0.630. The van der Waals surface area contributed by atoms with Gasteiger partial charge in [0.15, 0.2) is 5.13 Å². The van der Waals surface area contributed by atoms with Gasteiger partial charge in [-0.05, 0) is 44.4 Å². The molecule has 2 aliphatic carbocycles. The lowest BCUT2D eigenvalue weighted by Gasteiger charge is -2.39. The molecule has 144 valence electrons. The molecule has 1 aromatic rings. The van der Waals surface area contributed by atoms with Gasteiger partial charge in [0.2, 0.25) is 0 Å². The van der Waals surface area contributed by atoms with Crippen LogP contribution >= 0.6 is 23.1 Å². The van der Waals surface area contributed by atoms with Gasteiger partial charge in [0.25, 0.3) is 0 Å². The molecule has 1 heterocycles. The Morgan fingerprint density at radius 3 is 2.54 bits per heavy atom. The van der Waals surface area contributed by atoms with E-state index in [-0.39, 0.29) is 11.8 Å². The fraction of sp³-hybridized carbons (Fsp3) is 0.722. The Labute approximate surface area is 162 Å². The zero-order valence-corrected chi connectivity index (χ0v) is 16.8. The van der Waals surface area contributed by atoms with Crippen LogP contribution in [-0.4, -0.2) is 44.8 Å². The summed E-state index contributed by atoms with van der Waals surface area (Å²) in [6.07, 6.45) is 10.8. The molecule has 0 aromatic carbocycles. The number of nitrogens with one attached hydrogen (secondary N) is 1. The Balaban J connectivity index is 1.64. The maximum Gasteiger partial charge on any atom is 0.324 e. The fourth-order valence-corrected chi connectivity index (χ4v) is 5.59. The van der Waals surface area contributed by atoms with E-state index < -0.39 is 5.97 Å². The largest absolute Gasteiger partial charge is 0.481 e. The molecule has 1 aromatic heterocycles. The Hall–Kier alpha value is -1.28. The molecule has 0 spiro atoms. The second kappa shape index (κ2) is 9.08. The van der Waals surface area contributed by atoms with E-state index in [9.17, 15) is 9.59 Å². The molecule has 26 heavy (non-hydrogen) atoms. The van der Waals surface area contributed by atoms with Crippen LogP contribution in [0.1, 0.15) is 58.3 Å². The number of anilines is 1. The molecule has 0 radical (unpaired) electrons. The number of aromatic nitrogens is 1. The van der Waals surface area contributed by atoms with Crippen molar-refractivity contribution < 1.29 is 14.7 Å². The summed E-state index contributed by atoms with van der Waals surface area (Å²) in [5.41, 5.74) is 0. The highest BCUT2D eigenvalue weighted by Crippen LogP contribution is 2.34. The third kappa shape index (κ3) is 5.13. The van der Waals surface area contributed by atoms with Crippen LogP contribution in [0.15, 0.2) is 10.4 Å². The fourth-order valence-electron chi connectivity index (χ4n) is 4.01. The van der Waals surface area contributed by atoms with Crippen molar-refractivity contribution in [1.82, 2.24) is 9.88 Å². The number of carboxylic acids is 1. The summed E-state index contributed by atoms with van der Waals surface area (Å²) >= 11 is 2.57.